The van der Waals surface area contributed by atoms with Crippen LogP contribution in [0.25, 0.3) is 0 Å². The molecule has 0 atom stereocenters. The van der Waals surface area contributed by atoms with Crippen LogP contribution < -0.4 is 10.6 Å². The molecule has 138 valence electrons. The number of nitrogens with one attached hydrogen (secondary N) is 2. The van der Waals surface area contributed by atoms with Crippen LogP contribution >= 0.6 is 0 Å². The van der Waals surface area contributed by atoms with Crippen LogP contribution in [-0.2, 0) is 6.42 Å². The molecular weight excluding hydrogens is 350 g/mol. The van der Waals surface area contributed by atoms with Crippen molar-refractivity contribution in [1.82, 2.24) is 9.97 Å². The maximum absolute atomic E-state index is 13.8. The Hall–Kier alpha value is -3.35. The minimum atomic E-state index is -0.857. The molecule has 0 spiro atoms. The van der Waals surface area contributed by atoms with Crippen molar-refractivity contribution in [2.45, 2.75) is 20.3 Å². The first-order valence-corrected chi connectivity index (χ1v) is 8.43. The molecule has 0 bridgehead atoms. The smallest absolute Gasteiger partial charge is 0.274 e. The number of benzene rings is 2. The van der Waals surface area contributed by atoms with Crippen LogP contribution in [0.1, 0.15) is 28.7 Å². The van der Waals surface area contributed by atoms with Gasteiger partial charge in [0, 0.05) is 17.4 Å². The molecule has 27 heavy (non-hydrogen) atoms. The van der Waals surface area contributed by atoms with Crippen molar-refractivity contribution in [3.63, 3.8) is 0 Å². The molecule has 3 rings (SSSR count). The normalized spacial score (nSPS) is 10.5. The number of aryl methyl sites for hydroxylation is 2. The summed E-state index contributed by atoms with van der Waals surface area (Å²) in [6.45, 7) is 3.77. The molecule has 0 radical (unpaired) electrons. The van der Waals surface area contributed by atoms with E-state index in [1.165, 1.54) is 6.07 Å². The molecule has 1 aromatic heterocycles. The van der Waals surface area contributed by atoms with Gasteiger partial charge in [0.1, 0.15) is 17.3 Å². The van der Waals surface area contributed by atoms with Gasteiger partial charge in [-0.15, -0.1) is 0 Å². The zero-order chi connectivity index (χ0) is 19.4. The zero-order valence-electron chi connectivity index (χ0n) is 14.9. The van der Waals surface area contributed by atoms with Crippen LogP contribution in [0.4, 0.5) is 26.1 Å². The molecule has 2 aromatic carbocycles. The fourth-order valence-electron chi connectivity index (χ4n) is 2.59. The number of halogens is 2. The Balaban J connectivity index is 1.85. The first-order chi connectivity index (χ1) is 13.0. The van der Waals surface area contributed by atoms with E-state index < -0.39 is 17.5 Å². The highest BCUT2D eigenvalue weighted by molar-refractivity contribution is 6.03. The highest BCUT2D eigenvalue weighted by atomic mass is 19.1. The Morgan fingerprint density at radius 1 is 1.04 bits per heavy atom. The summed E-state index contributed by atoms with van der Waals surface area (Å²) in [7, 11) is 0. The lowest BCUT2D eigenvalue weighted by Crippen LogP contribution is -2.16. The maximum Gasteiger partial charge on any atom is 0.274 e. The summed E-state index contributed by atoms with van der Waals surface area (Å²) >= 11 is 0. The fourth-order valence-corrected chi connectivity index (χ4v) is 2.59. The second-order valence-electron chi connectivity index (χ2n) is 5.93. The van der Waals surface area contributed by atoms with Crippen LogP contribution in [-0.4, -0.2) is 15.9 Å². The average Bonchev–Trinajstić information content (AvgIpc) is 2.64. The number of rotatable bonds is 5. The monoisotopic (exact) mass is 368 g/mol. The van der Waals surface area contributed by atoms with Gasteiger partial charge in [-0.3, -0.25) is 4.79 Å². The molecule has 1 amide bonds. The Kier molecular flexibility index (Phi) is 5.40. The number of carbonyl (C=O) groups excluding carboxylic acids is 1. The maximum atomic E-state index is 13.8. The van der Waals surface area contributed by atoms with Crippen molar-refractivity contribution in [2.24, 2.45) is 0 Å². The molecule has 7 heteroatoms. The lowest BCUT2D eigenvalue weighted by molar-refractivity contribution is 0.102. The summed E-state index contributed by atoms with van der Waals surface area (Å²) in [6, 6.07) is 12.1. The van der Waals surface area contributed by atoms with Crippen molar-refractivity contribution >= 4 is 23.2 Å². The molecule has 0 saturated carbocycles. The lowest BCUT2D eigenvalue weighted by Gasteiger charge is -2.11. The summed E-state index contributed by atoms with van der Waals surface area (Å²) < 4.78 is 26.8. The Labute approximate surface area is 155 Å². The minimum absolute atomic E-state index is 0.0719. The number of amides is 1. The van der Waals surface area contributed by atoms with Crippen molar-refractivity contribution in [1.29, 1.82) is 0 Å². The summed E-state index contributed by atoms with van der Waals surface area (Å²) in [5.41, 5.74) is 2.46. The van der Waals surface area contributed by atoms with Crippen LogP contribution in [0.3, 0.4) is 0 Å². The molecule has 5 nitrogen and oxygen atoms in total. The van der Waals surface area contributed by atoms with E-state index in [1.807, 2.05) is 31.2 Å². The molecule has 1 heterocycles. The molecule has 0 saturated heterocycles. The van der Waals surface area contributed by atoms with Gasteiger partial charge < -0.3 is 10.6 Å². The van der Waals surface area contributed by atoms with Gasteiger partial charge in [0.15, 0.2) is 0 Å². The van der Waals surface area contributed by atoms with E-state index in [9.17, 15) is 13.6 Å². The van der Waals surface area contributed by atoms with E-state index in [-0.39, 0.29) is 17.3 Å². The van der Waals surface area contributed by atoms with Crippen molar-refractivity contribution in [3.8, 4) is 0 Å². The number of anilines is 3. The highest BCUT2D eigenvalue weighted by Gasteiger charge is 2.14. The summed E-state index contributed by atoms with van der Waals surface area (Å²) in [6.07, 6.45) is 0.826. The Morgan fingerprint density at radius 3 is 2.56 bits per heavy atom. The van der Waals surface area contributed by atoms with Gasteiger partial charge in [0.25, 0.3) is 5.91 Å². The molecule has 0 aliphatic carbocycles. The van der Waals surface area contributed by atoms with Gasteiger partial charge in [-0.1, -0.05) is 25.1 Å². The molecule has 3 aromatic rings. The van der Waals surface area contributed by atoms with Crippen molar-refractivity contribution in [2.75, 3.05) is 10.6 Å². The van der Waals surface area contributed by atoms with Crippen LogP contribution in [0, 0.1) is 18.6 Å². The fraction of sp³-hybridized carbons (Fsp3) is 0.150. The van der Waals surface area contributed by atoms with Gasteiger partial charge in [0.05, 0.1) is 5.69 Å². The third-order valence-electron chi connectivity index (χ3n) is 3.91. The number of hydrogen-bond acceptors (Lipinski definition) is 4. The first-order valence-electron chi connectivity index (χ1n) is 8.43. The topological polar surface area (TPSA) is 66.9 Å². The van der Waals surface area contributed by atoms with E-state index in [4.69, 9.17) is 0 Å². The first kappa shape index (κ1) is 18.4. The summed E-state index contributed by atoms with van der Waals surface area (Å²) in [4.78, 5) is 21.0. The Bertz CT molecular complexity index is 991. The SMILES string of the molecule is CCc1ccccc1Nc1nc(C)cc(C(=O)Nc2ccc(F)cc2F)n1. The predicted molar refractivity (Wildman–Crippen MR) is 100 cm³/mol. The van der Waals surface area contributed by atoms with Gasteiger partial charge in [-0.2, -0.15) is 0 Å². The van der Waals surface area contributed by atoms with Gasteiger partial charge in [-0.05, 0) is 43.2 Å². The van der Waals surface area contributed by atoms with E-state index in [0.29, 0.717) is 11.8 Å². The quantitative estimate of drug-likeness (QED) is 0.689. The number of nitrogens with zero attached hydrogens (tertiary/aromatic N) is 2. The van der Waals surface area contributed by atoms with E-state index in [0.717, 1.165) is 29.8 Å². The number of hydrogen-bond donors (Lipinski definition) is 2. The summed E-state index contributed by atoms with van der Waals surface area (Å²) in [5, 5.41) is 5.51. The second-order valence-corrected chi connectivity index (χ2v) is 5.93. The van der Waals surface area contributed by atoms with E-state index in [2.05, 4.69) is 20.6 Å². The minimum Gasteiger partial charge on any atom is -0.324 e. The largest absolute Gasteiger partial charge is 0.324 e. The van der Waals surface area contributed by atoms with E-state index in [1.54, 1.807) is 6.92 Å². The molecule has 0 unspecified atom stereocenters. The lowest BCUT2D eigenvalue weighted by atomic mass is 10.1. The van der Waals surface area contributed by atoms with Crippen molar-refractivity contribution in [3.05, 3.63) is 77.1 Å². The van der Waals surface area contributed by atoms with Gasteiger partial charge in [0.2, 0.25) is 5.95 Å². The van der Waals surface area contributed by atoms with E-state index >= 15 is 0 Å². The predicted octanol–water partition coefficient (Wildman–Crippen LogP) is 4.62. The number of aromatic nitrogens is 2. The van der Waals surface area contributed by atoms with Crippen LogP contribution in [0.15, 0.2) is 48.5 Å². The molecule has 0 aliphatic rings. The standard InChI is InChI=1S/C20H18F2N4O/c1-3-13-6-4-5-7-16(13)25-20-23-12(2)10-18(26-20)19(27)24-17-9-8-14(21)11-15(17)22/h4-11H,3H2,1-2H3,(H,24,27)(H,23,25,26). The zero-order valence-corrected chi connectivity index (χ0v) is 14.9. The Morgan fingerprint density at radius 2 is 1.81 bits per heavy atom. The van der Waals surface area contributed by atoms with Crippen molar-refractivity contribution < 1.29 is 13.6 Å². The molecular formula is C20H18F2N4O. The average molecular weight is 368 g/mol. The van der Waals surface area contributed by atoms with Gasteiger partial charge in [-0.25, -0.2) is 18.7 Å². The number of carbonyl (C=O) groups is 1. The third kappa shape index (κ3) is 4.44. The third-order valence-corrected chi connectivity index (χ3v) is 3.91. The van der Waals surface area contributed by atoms with Crippen LogP contribution in [0.2, 0.25) is 0 Å². The second kappa shape index (κ2) is 7.90. The molecule has 0 aliphatic heterocycles. The molecule has 0 fully saturated rings. The summed E-state index contributed by atoms with van der Waals surface area (Å²) in [5.74, 6) is -1.92. The van der Waals surface area contributed by atoms with Gasteiger partial charge >= 0.3 is 0 Å². The molecule has 2 N–H and O–H groups in total. The number of para-hydroxylation sites is 1. The highest BCUT2D eigenvalue weighted by Crippen LogP contribution is 2.20. The van der Waals surface area contributed by atoms with Crippen LogP contribution in [0.5, 0.6) is 0 Å².